The topological polar surface area (TPSA) is 33.0 Å². The molecular weight excluding hydrogens is 246 g/mol. The lowest BCUT2D eigenvalue weighted by Crippen LogP contribution is -1.96. The van der Waals surface area contributed by atoms with E-state index < -0.39 is 0 Å². The molecule has 2 aromatic rings. The van der Waals surface area contributed by atoms with Crippen LogP contribution in [0, 0.1) is 18.3 Å². The predicted octanol–water partition coefficient (Wildman–Crippen LogP) is 4.10. The summed E-state index contributed by atoms with van der Waals surface area (Å²) in [7, 11) is 0. The highest BCUT2D eigenvalue weighted by atomic mass is 35.5. The minimum absolute atomic E-state index is 0.460. The van der Waals surface area contributed by atoms with Gasteiger partial charge in [0.2, 0.25) is 0 Å². The van der Waals surface area contributed by atoms with E-state index in [-0.39, 0.29) is 0 Å². The van der Waals surface area contributed by atoms with Gasteiger partial charge in [-0.25, -0.2) is 0 Å². The number of halogens is 1. The zero-order chi connectivity index (χ0) is 13.0. The normalized spacial score (nSPS) is 9.83. The van der Waals surface area contributed by atoms with Crippen LogP contribution < -0.4 is 4.74 Å². The summed E-state index contributed by atoms with van der Waals surface area (Å²) >= 11 is 6.03. The Bertz CT molecular complexity index is 602. The highest BCUT2D eigenvalue weighted by molar-refractivity contribution is 6.32. The maximum atomic E-state index is 8.74. The van der Waals surface area contributed by atoms with Gasteiger partial charge < -0.3 is 4.74 Å². The van der Waals surface area contributed by atoms with E-state index in [4.69, 9.17) is 21.6 Å². The maximum absolute atomic E-state index is 8.74. The number of benzene rings is 2. The van der Waals surface area contributed by atoms with Crippen molar-refractivity contribution in [3.05, 3.63) is 64.2 Å². The molecule has 2 nitrogen and oxygen atoms in total. The number of hydrogen-bond acceptors (Lipinski definition) is 2. The molecule has 0 amide bonds. The molecule has 0 N–H and O–H groups in total. The van der Waals surface area contributed by atoms with Crippen molar-refractivity contribution in [3.8, 4) is 11.8 Å². The summed E-state index contributed by atoms with van der Waals surface area (Å²) in [6, 6.07) is 15.2. The molecule has 0 bridgehead atoms. The van der Waals surface area contributed by atoms with E-state index in [0.717, 1.165) is 5.56 Å². The van der Waals surface area contributed by atoms with Crippen LogP contribution in [0.2, 0.25) is 5.02 Å². The average molecular weight is 258 g/mol. The number of nitriles is 1. The molecule has 0 radical (unpaired) electrons. The van der Waals surface area contributed by atoms with Crippen LogP contribution in [-0.2, 0) is 6.61 Å². The van der Waals surface area contributed by atoms with E-state index >= 15 is 0 Å². The molecule has 0 atom stereocenters. The van der Waals surface area contributed by atoms with Gasteiger partial charge in [-0.2, -0.15) is 5.26 Å². The first-order valence-corrected chi connectivity index (χ1v) is 5.95. The highest BCUT2D eigenvalue weighted by Crippen LogP contribution is 2.26. The van der Waals surface area contributed by atoms with Crippen LogP contribution in [-0.4, -0.2) is 0 Å². The van der Waals surface area contributed by atoms with Crippen LogP contribution in [0.25, 0.3) is 0 Å². The van der Waals surface area contributed by atoms with Gasteiger partial charge in [0.15, 0.2) is 0 Å². The Morgan fingerprint density at radius 2 is 2.06 bits per heavy atom. The van der Waals surface area contributed by atoms with E-state index in [1.165, 1.54) is 5.56 Å². The molecule has 0 aromatic heterocycles. The second-order valence-corrected chi connectivity index (χ2v) is 4.44. The monoisotopic (exact) mass is 257 g/mol. The molecule has 0 spiro atoms. The van der Waals surface area contributed by atoms with E-state index in [9.17, 15) is 0 Å². The number of aryl methyl sites for hydroxylation is 1. The van der Waals surface area contributed by atoms with Crippen LogP contribution in [0.1, 0.15) is 16.7 Å². The van der Waals surface area contributed by atoms with Gasteiger partial charge >= 0.3 is 0 Å². The van der Waals surface area contributed by atoms with Crippen molar-refractivity contribution in [1.29, 1.82) is 5.26 Å². The van der Waals surface area contributed by atoms with Crippen LogP contribution in [0.15, 0.2) is 42.5 Å². The van der Waals surface area contributed by atoms with Crippen LogP contribution in [0.3, 0.4) is 0 Å². The Morgan fingerprint density at radius 3 is 2.72 bits per heavy atom. The molecule has 2 rings (SSSR count). The van der Waals surface area contributed by atoms with Gasteiger partial charge in [0.1, 0.15) is 12.4 Å². The van der Waals surface area contributed by atoms with Crippen LogP contribution in [0.4, 0.5) is 0 Å². The smallest absolute Gasteiger partial charge is 0.138 e. The number of rotatable bonds is 3. The summed E-state index contributed by atoms with van der Waals surface area (Å²) in [5.41, 5.74) is 2.82. The molecule has 90 valence electrons. The lowest BCUT2D eigenvalue weighted by Gasteiger charge is -2.08. The molecular formula is C15H12ClNO. The fourth-order valence-corrected chi connectivity index (χ4v) is 1.89. The molecule has 0 saturated carbocycles. The van der Waals surface area contributed by atoms with Crippen molar-refractivity contribution >= 4 is 11.6 Å². The molecule has 3 heteroatoms. The third-order valence-corrected chi connectivity index (χ3v) is 2.83. The summed E-state index contributed by atoms with van der Waals surface area (Å²) in [4.78, 5) is 0. The van der Waals surface area contributed by atoms with Gasteiger partial charge in [-0.15, -0.1) is 0 Å². The van der Waals surface area contributed by atoms with E-state index in [0.29, 0.717) is 22.9 Å². The Kier molecular flexibility index (Phi) is 3.86. The molecule has 0 aliphatic heterocycles. The summed E-state index contributed by atoms with van der Waals surface area (Å²) in [6.07, 6.45) is 0. The lowest BCUT2D eigenvalue weighted by molar-refractivity contribution is 0.306. The Balaban J connectivity index is 2.09. The first kappa shape index (κ1) is 12.5. The first-order chi connectivity index (χ1) is 8.69. The number of ether oxygens (including phenoxy) is 1. The molecule has 0 aliphatic rings. The van der Waals surface area contributed by atoms with Crippen molar-refractivity contribution in [2.45, 2.75) is 13.5 Å². The van der Waals surface area contributed by atoms with Gasteiger partial charge in [-0.3, -0.25) is 0 Å². The second kappa shape index (κ2) is 5.57. The Hall–Kier alpha value is -1.98. The minimum atomic E-state index is 0.460. The standard InChI is InChI=1S/C15H12ClNO/c1-11-3-2-4-13(7-11)10-18-15-6-5-12(9-17)8-14(15)16/h2-8H,10H2,1H3. The van der Waals surface area contributed by atoms with Crippen molar-refractivity contribution in [3.63, 3.8) is 0 Å². The third kappa shape index (κ3) is 3.03. The average Bonchev–Trinajstić information content (AvgIpc) is 2.37. The van der Waals surface area contributed by atoms with Crippen molar-refractivity contribution in [2.75, 3.05) is 0 Å². The summed E-state index contributed by atoms with van der Waals surface area (Å²) in [5, 5.41) is 9.20. The van der Waals surface area contributed by atoms with Crippen molar-refractivity contribution in [1.82, 2.24) is 0 Å². The molecule has 0 aliphatic carbocycles. The van der Waals surface area contributed by atoms with Gasteiger partial charge in [0.05, 0.1) is 16.7 Å². The van der Waals surface area contributed by atoms with E-state index in [1.807, 2.05) is 31.2 Å². The fraction of sp³-hybridized carbons (Fsp3) is 0.133. The Morgan fingerprint density at radius 1 is 1.22 bits per heavy atom. The van der Waals surface area contributed by atoms with Crippen LogP contribution in [0.5, 0.6) is 5.75 Å². The van der Waals surface area contributed by atoms with Gasteiger partial charge in [-0.05, 0) is 30.7 Å². The second-order valence-electron chi connectivity index (χ2n) is 4.03. The molecule has 0 fully saturated rings. The first-order valence-electron chi connectivity index (χ1n) is 5.57. The van der Waals surface area contributed by atoms with Crippen molar-refractivity contribution in [2.24, 2.45) is 0 Å². The van der Waals surface area contributed by atoms with E-state index in [2.05, 4.69) is 6.07 Å². The number of nitrogens with zero attached hydrogens (tertiary/aromatic N) is 1. The van der Waals surface area contributed by atoms with Crippen LogP contribution >= 0.6 is 11.6 Å². The van der Waals surface area contributed by atoms with Gasteiger partial charge in [0, 0.05) is 0 Å². The minimum Gasteiger partial charge on any atom is -0.487 e. The largest absolute Gasteiger partial charge is 0.487 e. The molecule has 0 saturated heterocycles. The maximum Gasteiger partial charge on any atom is 0.138 e. The summed E-state index contributed by atoms with van der Waals surface area (Å²) < 4.78 is 5.64. The SMILES string of the molecule is Cc1cccc(COc2ccc(C#N)cc2Cl)c1. The third-order valence-electron chi connectivity index (χ3n) is 2.54. The zero-order valence-electron chi connectivity index (χ0n) is 9.98. The van der Waals surface area contributed by atoms with Gasteiger partial charge in [0.25, 0.3) is 0 Å². The quantitative estimate of drug-likeness (QED) is 0.829. The Labute approximate surface area is 111 Å². The molecule has 2 aromatic carbocycles. The summed E-state index contributed by atoms with van der Waals surface area (Å²) in [6.45, 7) is 2.51. The fourth-order valence-electron chi connectivity index (χ4n) is 1.65. The van der Waals surface area contributed by atoms with Gasteiger partial charge in [-0.1, -0.05) is 41.4 Å². The number of hydrogen-bond donors (Lipinski definition) is 0. The zero-order valence-corrected chi connectivity index (χ0v) is 10.7. The highest BCUT2D eigenvalue weighted by Gasteiger charge is 2.03. The summed E-state index contributed by atoms with van der Waals surface area (Å²) in [5.74, 6) is 0.595. The van der Waals surface area contributed by atoms with E-state index in [1.54, 1.807) is 18.2 Å². The molecule has 0 heterocycles. The predicted molar refractivity (Wildman–Crippen MR) is 71.7 cm³/mol. The lowest BCUT2D eigenvalue weighted by atomic mass is 10.1. The molecule has 0 unspecified atom stereocenters. The molecule has 18 heavy (non-hydrogen) atoms. The van der Waals surface area contributed by atoms with Crippen molar-refractivity contribution < 1.29 is 4.74 Å².